The molecule has 1 aliphatic rings. The number of nitrogens with zero attached hydrogens (tertiary/aromatic N) is 6. The summed E-state index contributed by atoms with van der Waals surface area (Å²) in [5.41, 5.74) is 2.63. The lowest BCUT2D eigenvalue weighted by Gasteiger charge is -2.32. The van der Waals surface area contributed by atoms with Gasteiger partial charge in [-0.3, -0.25) is 5.10 Å². The quantitative estimate of drug-likeness (QED) is 0.926. The lowest BCUT2D eigenvalue weighted by atomic mass is 9.96. The van der Waals surface area contributed by atoms with Crippen molar-refractivity contribution in [1.82, 2.24) is 25.4 Å². The summed E-state index contributed by atoms with van der Waals surface area (Å²) in [6, 6.07) is 2.36. The summed E-state index contributed by atoms with van der Waals surface area (Å²) in [5.74, 6) is 2.65. The molecule has 3 rings (SSSR count). The normalized spacial score (nSPS) is 17.8. The van der Waals surface area contributed by atoms with Crippen molar-refractivity contribution in [3.8, 4) is 6.07 Å². The maximum atomic E-state index is 9.69. The Morgan fingerprint density at radius 1 is 1.29 bits per heavy atom. The van der Waals surface area contributed by atoms with Gasteiger partial charge in [-0.15, -0.1) is 5.10 Å². The summed E-state index contributed by atoms with van der Waals surface area (Å²) >= 11 is 0. The minimum absolute atomic E-state index is 0.257. The predicted octanol–water partition coefficient (Wildman–Crippen LogP) is 2.28. The second-order valence-electron chi connectivity index (χ2n) is 6.21. The molecule has 1 aliphatic heterocycles. The van der Waals surface area contributed by atoms with Gasteiger partial charge in [0.25, 0.3) is 0 Å². The van der Waals surface area contributed by atoms with Crippen LogP contribution in [0.3, 0.4) is 0 Å². The minimum Gasteiger partial charge on any atom is -0.353 e. The highest BCUT2D eigenvalue weighted by Crippen LogP contribution is 2.30. The molecule has 0 amide bonds. The number of hydrogen-bond acceptors (Lipinski definition) is 6. The fourth-order valence-electron chi connectivity index (χ4n) is 3.42. The summed E-state index contributed by atoms with van der Waals surface area (Å²) < 4.78 is 0. The third-order valence-electron chi connectivity index (χ3n) is 4.64. The van der Waals surface area contributed by atoms with Gasteiger partial charge < -0.3 is 4.90 Å². The van der Waals surface area contributed by atoms with Crippen LogP contribution in [0.15, 0.2) is 0 Å². The standard InChI is InChI=1S/C17H23N7/c1-4-13-14(9-18)17(23-21-15(13)5-2)24-8-6-7-12(10-24)16-19-11(3)20-22-16/h12H,4-8,10H2,1-3H3,(H,19,20,22). The van der Waals surface area contributed by atoms with Gasteiger partial charge in [0.2, 0.25) is 0 Å². The Labute approximate surface area is 142 Å². The van der Waals surface area contributed by atoms with Crippen molar-refractivity contribution in [1.29, 1.82) is 5.26 Å². The highest BCUT2D eigenvalue weighted by atomic mass is 15.3. The molecule has 7 heteroatoms. The van der Waals surface area contributed by atoms with Gasteiger partial charge in [-0.2, -0.15) is 15.5 Å². The van der Waals surface area contributed by atoms with Gasteiger partial charge >= 0.3 is 0 Å². The summed E-state index contributed by atoms with van der Waals surface area (Å²) in [6.07, 6.45) is 3.68. The first-order valence-electron chi connectivity index (χ1n) is 8.60. The van der Waals surface area contributed by atoms with Gasteiger partial charge in [0.15, 0.2) is 11.6 Å². The van der Waals surface area contributed by atoms with Crippen molar-refractivity contribution >= 4 is 5.82 Å². The molecule has 0 radical (unpaired) electrons. The summed E-state index contributed by atoms with van der Waals surface area (Å²) in [7, 11) is 0. The van der Waals surface area contributed by atoms with Crippen molar-refractivity contribution in [2.45, 2.75) is 52.4 Å². The van der Waals surface area contributed by atoms with E-state index in [-0.39, 0.29) is 5.92 Å². The Kier molecular flexibility index (Phi) is 4.74. The summed E-state index contributed by atoms with van der Waals surface area (Å²) in [6.45, 7) is 7.68. The number of aryl methyl sites for hydroxylation is 2. The fraction of sp³-hybridized carbons (Fsp3) is 0.588. The molecule has 1 atom stereocenters. The number of nitriles is 1. The van der Waals surface area contributed by atoms with E-state index in [1.165, 1.54) is 0 Å². The number of H-pyrrole nitrogens is 1. The van der Waals surface area contributed by atoms with Gasteiger partial charge in [-0.05, 0) is 38.2 Å². The predicted molar refractivity (Wildman–Crippen MR) is 90.8 cm³/mol. The van der Waals surface area contributed by atoms with Gasteiger partial charge in [-0.1, -0.05) is 13.8 Å². The van der Waals surface area contributed by atoms with Gasteiger partial charge in [0.1, 0.15) is 17.5 Å². The molecule has 3 heterocycles. The van der Waals surface area contributed by atoms with Crippen LogP contribution in [0.4, 0.5) is 5.82 Å². The van der Waals surface area contributed by atoms with Crippen LogP contribution in [0.2, 0.25) is 0 Å². The number of hydrogen-bond donors (Lipinski definition) is 1. The second kappa shape index (κ2) is 6.95. The highest BCUT2D eigenvalue weighted by molar-refractivity contribution is 5.58. The smallest absolute Gasteiger partial charge is 0.169 e. The first kappa shape index (κ1) is 16.4. The maximum absolute atomic E-state index is 9.69. The topological polar surface area (TPSA) is 94.4 Å². The lowest BCUT2D eigenvalue weighted by molar-refractivity contribution is 0.488. The zero-order chi connectivity index (χ0) is 17.1. The van der Waals surface area contributed by atoms with E-state index in [2.05, 4.69) is 43.3 Å². The van der Waals surface area contributed by atoms with E-state index in [1.54, 1.807) is 0 Å². The van der Waals surface area contributed by atoms with Gasteiger partial charge in [0.05, 0.1) is 5.69 Å². The van der Waals surface area contributed by atoms with Crippen molar-refractivity contribution in [3.63, 3.8) is 0 Å². The SMILES string of the molecule is CCc1nnc(N2CCCC(c3n[nH]c(C)n3)C2)c(C#N)c1CC. The molecule has 24 heavy (non-hydrogen) atoms. The van der Waals surface area contributed by atoms with E-state index in [0.29, 0.717) is 11.4 Å². The molecular formula is C17H23N7. The molecule has 0 saturated carbocycles. The third kappa shape index (κ3) is 2.96. The van der Waals surface area contributed by atoms with Crippen LogP contribution < -0.4 is 4.90 Å². The lowest BCUT2D eigenvalue weighted by Crippen LogP contribution is -2.36. The second-order valence-corrected chi connectivity index (χ2v) is 6.21. The van der Waals surface area contributed by atoms with Gasteiger partial charge in [-0.25, -0.2) is 4.98 Å². The Hall–Kier alpha value is -2.49. The average Bonchev–Trinajstić information content (AvgIpc) is 3.06. The van der Waals surface area contributed by atoms with Crippen molar-refractivity contribution in [2.75, 3.05) is 18.0 Å². The van der Waals surface area contributed by atoms with E-state index in [1.807, 2.05) is 13.8 Å². The molecule has 1 fully saturated rings. The molecule has 1 unspecified atom stereocenters. The Morgan fingerprint density at radius 2 is 2.12 bits per heavy atom. The zero-order valence-electron chi connectivity index (χ0n) is 14.5. The fourth-order valence-corrected chi connectivity index (χ4v) is 3.42. The van der Waals surface area contributed by atoms with E-state index in [9.17, 15) is 5.26 Å². The monoisotopic (exact) mass is 325 g/mol. The van der Waals surface area contributed by atoms with E-state index in [4.69, 9.17) is 0 Å². The number of anilines is 1. The van der Waals surface area contributed by atoms with E-state index < -0.39 is 0 Å². The zero-order valence-corrected chi connectivity index (χ0v) is 14.5. The third-order valence-corrected chi connectivity index (χ3v) is 4.64. The largest absolute Gasteiger partial charge is 0.353 e. The van der Waals surface area contributed by atoms with Crippen LogP contribution in [-0.4, -0.2) is 38.5 Å². The summed E-state index contributed by atoms with van der Waals surface area (Å²) in [4.78, 5) is 6.64. The number of piperidine rings is 1. The molecule has 126 valence electrons. The molecular weight excluding hydrogens is 302 g/mol. The molecule has 0 aromatic carbocycles. The van der Waals surface area contributed by atoms with Crippen molar-refractivity contribution in [3.05, 3.63) is 28.5 Å². The van der Waals surface area contributed by atoms with Crippen LogP contribution >= 0.6 is 0 Å². The van der Waals surface area contributed by atoms with E-state index >= 15 is 0 Å². The number of aromatic amines is 1. The molecule has 0 bridgehead atoms. The van der Waals surface area contributed by atoms with E-state index in [0.717, 1.165) is 61.7 Å². The molecule has 0 aliphatic carbocycles. The highest BCUT2D eigenvalue weighted by Gasteiger charge is 2.28. The molecule has 2 aromatic heterocycles. The molecule has 1 N–H and O–H groups in total. The van der Waals surface area contributed by atoms with Crippen LogP contribution in [0.1, 0.15) is 61.1 Å². The van der Waals surface area contributed by atoms with Crippen molar-refractivity contribution in [2.24, 2.45) is 0 Å². The average molecular weight is 325 g/mol. The van der Waals surface area contributed by atoms with Gasteiger partial charge in [0, 0.05) is 19.0 Å². The number of nitrogens with one attached hydrogen (secondary N) is 1. The Bertz CT molecular complexity index is 759. The van der Waals surface area contributed by atoms with Crippen LogP contribution in [0.5, 0.6) is 0 Å². The first-order chi connectivity index (χ1) is 11.7. The first-order valence-corrected chi connectivity index (χ1v) is 8.60. The molecule has 7 nitrogen and oxygen atoms in total. The molecule has 1 saturated heterocycles. The molecule has 0 spiro atoms. The minimum atomic E-state index is 0.257. The number of rotatable bonds is 4. The Balaban J connectivity index is 1.92. The maximum Gasteiger partial charge on any atom is 0.169 e. The molecule has 2 aromatic rings. The summed E-state index contributed by atoms with van der Waals surface area (Å²) in [5, 5.41) is 25.7. The number of aromatic nitrogens is 5. The van der Waals surface area contributed by atoms with Crippen LogP contribution in [0, 0.1) is 18.3 Å². The van der Waals surface area contributed by atoms with Crippen molar-refractivity contribution < 1.29 is 0 Å². The van der Waals surface area contributed by atoms with Crippen LogP contribution in [0.25, 0.3) is 0 Å². The van der Waals surface area contributed by atoms with Crippen LogP contribution in [-0.2, 0) is 12.8 Å². The Morgan fingerprint density at radius 3 is 2.75 bits per heavy atom.